The molecular formula is C22H20BrN3O4. The molecule has 0 bridgehead atoms. The molecule has 1 aromatic heterocycles. The molecule has 8 heteroatoms. The Kier molecular flexibility index (Phi) is 5.59. The van der Waals surface area contributed by atoms with Gasteiger partial charge in [-0.3, -0.25) is 9.59 Å². The summed E-state index contributed by atoms with van der Waals surface area (Å²) in [5, 5.41) is 3.74. The molecule has 30 heavy (non-hydrogen) atoms. The number of anilines is 1. The highest BCUT2D eigenvalue weighted by Crippen LogP contribution is 2.26. The van der Waals surface area contributed by atoms with Crippen molar-refractivity contribution in [3.05, 3.63) is 64.3 Å². The Morgan fingerprint density at radius 1 is 1.13 bits per heavy atom. The van der Waals surface area contributed by atoms with E-state index < -0.39 is 6.04 Å². The van der Waals surface area contributed by atoms with E-state index in [0.717, 1.165) is 16.1 Å². The third-order valence-corrected chi connectivity index (χ3v) is 5.81. The van der Waals surface area contributed by atoms with E-state index in [1.54, 1.807) is 30.1 Å². The van der Waals surface area contributed by atoms with E-state index in [0.29, 0.717) is 28.9 Å². The second-order valence-electron chi connectivity index (χ2n) is 7.04. The molecular weight excluding hydrogens is 450 g/mol. The first-order chi connectivity index (χ1) is 14.5. The Bertz CT molecular complexity index is 1130. The number of rotatable bonds is 4. The molecule has 1 fully saturated rings. The van der Waals surface area contributed by atoms with Crippen molar-refractivity contribution in [1.82, 2.24) is 9.80 Å². The number of furan rings is 1. The van der Waals surface area contributed by atoms with Crippen molar-refractivity contribution >= 4 is 50.7 Å². The molecule has 7 nitrogen and oxygen atoms in total. The number of fused-ring (bicyclic) bond motifs is 1. The minimum atomic E-state index is -0.725. The number of nitrogens with one attached hydrogen (secondary N) is 1. The molecule has 1 N–H and O–H groups in total. The Hall–Kier alpha value is -3.13. The fourth-order valence-corrected chi connectivity index (χ4v) is 4.10. The lowest BCUT2D eigenvalue weighted by atomic mass is 10.1. The molecule has 1 unspecified atom stereocenters. The van der Waals surface area contributed by atoms with Gasteiger partial charge in [0.05, 0.1) is 11.1 Å². The number of para-hydroxylation sites is 1. The first-order valence-electron chi connectivity index (χ1n) is 9.52. The summed E-state index contributed by atoms with van der Waals surface area (Å²) >= 11 is 3.39. The van der Waals surface area contributed by atoms with Gasteiger partial charge in [-0.2, -0.15) is 0 Å². The summed E-state index contributed by atoms with van der Waals surface area (Å²) in [6.07, 6.45) is 2.17. The maximum Gasteiger partial charge on any atom is 0.257 e. The Balaban J connectivity index is 1.56. The van der Waals surface area contributed by atoms with Gasteiger partial charge >= 0.3 is 0 Å². The van der Waals surface area contributed by atoms with Gasteiger partial charge in [0.2, 0.25) is 0 Å². The fourth-order valence-electron chi connectivity index (χ4n) is 3.74. The quantitative estimate of drug-likeness (QED) is 0.592. The van der Waals surface area contributed by atoms with Crippen LogP contribution < -0.4 is 5.32 Å². The highest BCUT2D eigenvalue weighted by atomic mass is 79.9. The van der Waals surface area contributed by atoms with Crippen LogP contribution in [0.3, 0.4) is 0 Å². The first-order valence-corrected chi connectivity index (χ1v) is 10.3. The second-order valence-corrected chi connectivity index (χ2v) is 7.95. The maximum atomic E-state index is 13.2. The normalized spacial score (nSPS) is 16.5. The van der Waals surface area contributed by atoms with Crippen LogP contribution >= 0.6 is 15.9 Å². The lowest BCUT2D eigenvalue weighted by molar-refractivity contribution is -0.113. The molecule has 0 spiro atoms. The lowest BCUT2D eigenvalue weighted by Crippen LogP contribution is -2.57. The average molecular weight is 470 g/mol. The molecule has 2 amide bonds. The molecule has 3 aromatic rings. The van der Waals surface area contributed by atoms with Gasteiger partial charge in [-0.05, 0) is 24.3 Å². The molecule has 0 saturated carbocycles. The topological polar surface area (TPSA) is 82.9 Å². The Morgan fingerprint density at radius 2 is 1.93 bits per heavy atom. The van der Waals surface area contributed by atoms with E-state index in [-0.39, 0.29) is 24.9 Å². The smallest absolute Gasteiger partial charge is 0.257 e. The van der Waals surface area contributed by atoms with Crippen LogP contribution in [0.4, 0.5) is 5.69 Å². The average Bonchev–Trinajstić information content (AvgIpc) is 3.21. The first kappa shape index (κ1) is 20.2. The van der Waals surface area contributed by atoms with E-state index >= 15 is 0 Å². The number of benzene rings is 2. The summed E-state index contributed by atoms with van der Waals surface area (Å²) in [4.78, 5) is 41.2. The summed E-state index contributed by atoms with van der Waals surface area (Å²) in [6.45, 7) is 0.729. The van der Waals surface area contributed by atoms with Crippen molar-refractivity contribution in [3.63, 3.8) is 0 Å². The number of hydrogen-bond acceptors (Lipinski definition) is 5. The number of carbonyl (C=O) groups is 3. The van der Waals surface area contributed by atoms with Crippen LogP contribution in [0.1, 0.15) is 20.7 Å². The summed E-state index contributed by atoms with van der Waals surface area (Å²) in [6, 6.07) is 12.0. The van der Waals surface area contributed by atoms with Gasteiger partial charge in [-0.15, -0.1) is 0 Å². The summed E-state index contributed by atoms with van der Waals surface area (Å²) in [5.74, 6) is -0.462. The minimum Gasteiger partial charge on any atom is -0.463 e. The monoisotopic (exact) mass is 469 g/mol. The van der Waals surface area contributed by atoms with E-state index in [4.69, 9.17) is 4.42 Å². The summed E-state index contributed by atoms with van der Waals surface area (Å²) in [5.41, 5.74) is 2.24. The van der Waals surface area contributed by atoms with E-state index in [1.165, 1.54) is 11.2 Å². The van der Waals surface area contributed by atoms with E-state index in [1.807, 2.05) is 24.3 Å². The van der Waals surface area contributed by atoms with Crippen LogP contribution in [0.15, 0.2) is 57.6 Å². The molecule has 0 radical (unpaired) electrons. The van der Waals surface area contributed by atoms with Crippen molar-refractivity contribution in [2.75, 3.05) is 32.0 Å². The van der Waals surface area contributed by atoms with Crippen LogP contribution in [0.2, 0.25) is 0 Å². The van der Waals surface area contributed by atoms with E-state index in [9.17, 15) is 14.4 Å². The van der Waals surface area contributed by atoms with Crippen molar-refractivity contribution in [2.45, 2.75) is 6.04 Å². The highest BCUT2D eigenvalue weighted by molar-refractivity contribution is 9.10. The molecule has 1 aliphatic heterocycles. The van der Waals surface area contributed by atoms with Gasteiger partial charge in [-0.1, -0.05) is 34.1 Å². The van der Waals surface area contributed by atoms with Gasteiger partial charge in [0.1, 0.15) is 24.2 Å². The Labute approximate surface area is 181 Å². The Morgan fingerprint density at radius 3 is 2.70 bits per heavy atom. The van der Waals surface area contributed by atoms with Crippen LogP contribution in [-0.4, -0.2) is 60.6 Å². The van der Waals surface area contributed by atoms with Crippen LogP contribution in [0.5, 0.6) is 0 Å². The van der Waals surface area contributed by atoms with E-state index in [2.05, 4.69) is 21.2 Å². The third kappa shape index (κ3) is 3.59. The number of hydrogen-bond donors (Lipinski definition) is 1. The predicted octanol–water partition coefficient (Wildman–Crippen LogP) is 3.40. The van der Waals surface area contributed by atoms with Gasteiger partial charge in [-0.25, -0.2) is 0 Å². The molecule has 1 saturated heterocycles. The van der Waals surface area contributed by atoms with Crippen LogP contribution in [0, 0.1) is 0 Å². The number of aldehydes is 1. The molecule has 0 aliphatic carbocycles. The minimum absolute atomic E-state index is 0.135. The molecule has 4 rings (SSSR count). The van der Waals surface area contributed by atoms with Gasteiger partial charge < -0.3 is 24.3 Å². The molecule has 2 aromatic carbocycles. The number of halogens is 1. The second kappa shape index (κ2) is 8.31. The van der Waals surface area contributed by atoms with Gasteiger partial charge in [0.25, 0.3) is 11.8 Å². The third-order valence-electron chi connectivity index (χ3n) is 5.32. The van der Waals surface area contributed by atoms with Crippen LogP contribution in [-0.2, 0) is 4.79 Å². The number of nitrogens with zero attached hydrogens (tertiary/aromatic N) is 2. The molecule has 1 aliphatic rings. The van der Waals surface area contributed by atoms with Gasteiger partial charge in [0.15, 0.2) is 0 Å². The van der Waals surface area contributed by atoms with Crippen molar-refractivity contribution < 1.29 is 18.8 Å². The number of carbonyl (C=O) groups excluding carboxylic acids is 3. The lowest BCUT2D eigenvalue weighted by Gasteiger charge is -2.39. The maximum absolute atomic E-state index is 13.2. The number of amides is 2. The largest absolute Gasteiger partial charge is 0.463 e. The van der Waals surface area contributed by atoms with Crippen LogP contribution in [0.25, 0.3) is 11.0 Å². The highest BCUT2D eigenvalue weighted by Gasteiger charge is 2.34. The molecule has 1 atom stereocenters. The van der Waals surface area contributed by atoms with Crippen molar-refractivity contribution in [3.8, 4) is 0 Å². The zero-order chi connectivity index (χ0) is 21.3. The van der Waals surface area contributed by atoms with Crippen molar-refractivity contribution in [2.24, 2.45) is 0 Å². The number of piperazine rings is 1. The standard InChI is InChI=1S/C22H20BrN3O4/c1-24-19-7-6-14(23)10-17(19)22(29)26-9-8-25(11-15(26)12-27)21(28)18-13-30-20-5-3-2-4-16(18)20/h2-7,10,12-13,15,24H,8-9,11H2,1H3. The predicted molar refractivity (Wildman–Crippen MR) is 117 cm³/mol. The SMILES string of the molecule is CNc1ccc(Br)cc1C(=O)N1CCN(C(=O)c2coc3ccccc23)CC1C=O. The summed E-state index contributed by atoms with van der Waals surface area (Å²) in [7, 11) is 1.74. The fraction of sp³-hybridized carbons (Fsp3) is 0.227. The van der Waals surface area contributed by atoms with Crippen molar-refractivity contribution in [1.29, 1.82) is 0 Å². The zero-order valence-corrected chi connectivity index (χ0v) is 17.9. The van der Waals surface area contributed by atoms with Gasteiger partial charge in [0, 0.05) is 42.2 Å². The molecule has 154 valence electrons. The zero-order valence-electron chi connectivity index (χ0n) is 16.3. The molecule has 2 heterocycles. The summed E-state index contributed by atoms with van der Waals surface area (Å²) < 4.78 is 6.25.